The zero-order valence-corrected chi connectivity index (χ0v) is 24.3. The molecule has 0 aromatic rings. The van der Waals surface area contributed by atoms with Gasteiger partial charge in [0.25, 0.3) is 0 Å². The number of rotatable bonds is 26. The first kappa shape index (κ1) is 36.7. The maximum Gasteiger partial charge on any atom is 0.472 e. The normalized spacial score (nSPS) is 14.8. The van der Waals surface area contributed by atoms with Crippen LogP contribution in [0.15, 0.2) is 12.2 Å². The van der Waals surface area contributed by atoms with E-state index in [1.807, 2.05) is 0 Å². The van der Waals surface area contributed by atoms with Crippen molar-refractivity contribution in [3.8, 4) is 0 Å². The van der Waals surface area contributed by atoms with E-state index < -0.39 is 51.8 Å². The number of carbonyl (C=O) groups excluding carboxylic acids is 2. The van der Waals surface area contributed by atoms with E-state index in [0.717, 1.165) is 51.4 Å². The van der Waals surface area contributed by atoms with Gasteiger partial charge in [-0.2, -0.15) is 0 Å². The summed E-state index contributed by atoms with van der Waals surface area (Å²) < 4.78 is 32.0. The van der Waals surface area contributed by atoms with Crippen molar-refractivity contribution in [2.45, 2.75) is 122 Å². The zero-order valence-electron chi connectivity index (χ0n) is 23.4. The first-order valence-corrected chi connectivity index (χ1v) is 15.6. The number of esters is 2. The molecule has 0 aliphatic rings. The summed E-state index contributed by atoms with van der Waals surface area (Å²) in [6.45, 7) is 2.08. The number of carbonyl (C=O) groups is 2. The molecule has 0 radical (unpaired) electrons. The Labute approximate surface area is 228 Å². The standard InChI is InChI=1S/C27H51O10P/c1-3-5-7-9-10-11-12-13-14-15-17-19-27(31)37-25(22-34-26(30)18-16-8-6-4-2)23-36-38(32,33)35-21-24(29)20-28/h5,7,24-25,28-29H,3-4,6,8-23H2,1-2H3,(H,32,33)/b7-5+/t24-,25+/m0/s1. The molecule has 3 N–H and O–H groups in total. The van der Waals surface area contributed by atoms with E-state index in [0.29, 0.717) is 12.8 Å². The Balaban J connectivity index is 4.45. The molecule has 0 rings (SSSR count). The largest absolute Gasteiger partial charge is 0.472 e. The molecule has 0 heterocycles. The number of allylic oxidation sites excluding steroid dienone is 2. The second-order valence-corrected chi connectivity index (χ2v) is 10.8. The zero-order chi connectivity index (χ0) is 28.5. The molecule has 38 heavy (non-hydrogen) atoms. The van der Waals surface area contributed by atoms with Crippen molar-refractivity contribution in [3.05, 3.63) is 12.2 Å². The predicted octanol–water partition coefficient (Wildman–Crippen LogP) is 5.38. The van der Waals surface area contributed by atoms with Crippen LogP contribution in [0.25, 0.3) is 0 Å². The fourth-order valence-electron chi connectivity index (χ4n) is 3.46. The van der Waals surface area contributed by atoms with Gasteiger partial charge in [0.2, 0.25) is 0 Å². The van der Waals surface area contributed by atoms with E-state index in [9.17, 15) is 24.2 Å². The molecule has 10 nitrogen and oxygen atoms in total. The van der Waals surface area contributed by atoms with E-state index in [1.54, 1.807) is 0 Å². The first-order valence-electron chi connectivity index (χ1n) is 14.1. The predicted molar refractivity (Wildman–Crippen MR) is 145 cm³/mol. The highest BCUT2D eigenvalue weighted by atomic mass is 31.2. The maximum atomic E-state index is 12.3. The van der Waals surface area contributed by atoms with Crippen LogP contribution in [0.2, 0.25) is 0 Å². The van der Waals surface area contributed by atoms with Gasteiger partial charge in [-0.25, -0.2) is 4.57 Å². The third-order valence-corrected chi connectivity index (χ3v) is 6.63. The Morgan fingerprint density at radius 1 is 0.789 bits per heavy atom. The van der Waals surface area contributed by atoms with Crippen molar-refractivity contribution in [1.29, 1.82) is 0 Å². The average molecular weight is 567 g/mol. The molecule has 0 amide bonds. The molecule has 3 atom stereocenters. The summed E-state index contributed by atoms with van der Waals surface area (Å²) in [5.41, 5.74) is 0. The van der Waals surface area contributed by atoms with Crippen LogP contribution in [-0.4, -0.2) is 65.7 Å². The second kappa shape index (κ2) is 24.7. The first-order chi connectivity index (χ1) is 18.2. The molecular weight excluding hydrogens is 515 g/mol. The lowest BCUT2D eigenvalue weighted by Crippen LogP contribution is -2.29. The monoisotopic (exact) mass is 566 g/mol. The lowest BCUT2D eigenvalue weighted by Gasteiger charge is -2.20. The van der Waals surface area contributed by atoms with Gasteiger partial charge in [-0.1, -0.05) is 77.4 Å². The van der Waals surface area contributed by atoms with Gasteiger partial charge in [0.1, 0.15) is 12.7 Å². The van der Waals surface area contributed by atoms with Crippen LogP contribution in [-0.2, 0) is 32.7 Å². The smallest absolute Gasteiger partial charge is 0.462 e. The number of hydrogen-bond donors (Lipinski definition) is 3. The van der Waals surface area contributed by atoms with Crippen LogP contribution in [0.4, 0.5) is 0 Å². The number of phosphoric ester groups is 1. The minimum absolute atomic E-state index is 0.180. The highest BCUT2D eigenvalue weighted by Gasteiger charge is 2.27. The Hall–Kier alpha value is -1.29. The molecule has 0 saturated carbocycles. The Morgan fingerprint density at radius 3 is 2.00 bits per heavy atom. The van der Waals surface area contributed by atoms with Gasteiger partial charge in [0, 0.05) is 12.8 Å². The molecule has 0 fully saturated rings. The molecule has 0 aromatic carbocycles. The Kier molecular flexibility index (Phi) is 23.9. The number of hydrogen-bond acceptors (Lipinski definition) is 9. The number of phosphoric acid groups is 1. The summed E-state index contributed by atoms with van der Waals surface area (Å²) in [5.74, 6) is -0.956. The van der Waals surface area contributed by atoms with E-state index in [2.05, 4.69) is 30.5 Å². The third-order valence-electron chi connectivity index (χ3n) is 5.68. The summed E-state index contributed by atoms with van der Waals surface area (Å²) in [5, 5.41) is 18.1. The molecular formula is C27H51O10P. The summed E-state index contributed by atoms with van der Waals surface area (Å²) in [6, 6.07) is 0. The van der Waals surface area contributed by atoms with Gasteiger partial charge in [-0.05, 0) is 32.1 Å². The molecule has 1 unspecified atom stereocenters. The summed E-state index contributed by atoms with van der Waals surface area (Å²) in [6.07, 6.45) is 15.5. The second-order valence-electron chi connectivity index (χ2n) is 9.40. The van der Waals surface area contributed by atoms with Gasteiger partial charge >= 0.3 is 19.8 Å². The molecule has 0 saturated heterocycles. The number of ether oxygens (including phenoxy) is 2. The fourth-order valence-corrected chi connectivity index (χ4v) is 4.25. The van der Waals surface area contributed by atoms with Crippen LogP contribution in [0.5, 0.6) is 0 Å². The van der Waals surface area contributed by atoms with Crippen molar-refractivity contribution < 1.29 is 47.8 Å². The lowest BCUT2D eigenvalue weighted by molar-refractivity contribution is -0.161. The minimum atomic E-state index is -4.58. The van der Waals surface area contributed by atoms with Gasteiger partial charge in [0.05, 0.1) is 19.8 Å². The van der Waals surface area contributed by atoms with E-state index in [-0.39, 0.29) is 19.4 Å². The lowest BCUT2D eigenvalue weighted by atomic mass is 10.1. The fraction of sp³-hybridized carbons (Fsp3) is 0.852. The van der Waals surface area contributed by atoms with Crippen LogP contribution in [0.3, 0.4) is 0 Å². The van der Waals surface area contributed by atoms with E-state index >= 15 is 0 Å². The third kappa shape index (κ3) is 23.8. The van der Waals surface area contributed by atoms with Crippen molar-refractivity contribution in [1.82, 2.24) is 0 Å². The van der Waals surface area contributed by atoms with Crippen molar-refractivity contribution >= 4 is 19.8 Å². The van der Waals surface area contributed by atoms with Crippen LogP contribution < -0.4 is 0 Å². The van der Waals surface area contributed by atoms with Crippen molar-refractivity contribution in [2.24, 2.45) is 0 Å². The van der Waals surface area contributed by atoms with E-state index in [4.69, 9.17) is 19.1 Å². The molecule has 0 spiro atoms. The highest BCUT2D eigenvalue weighted by molar-refractivity contribution is 7.47. The van der Waals surface area contributed by atoms with Gasteiger partial charge in [0.15, 0.2) is 6.10 Å². The molecule has 0 aliphatic carbocycles. The summed E-state index contributed by atoms with van der Waals surface area (Å²) >= 11 is 0. The van der Waals surface area contributed by atoms with Crippen molar-refractivity contribution in [3.63, 3.8) is 0 Å². The van der Waals surface area contributed by atoms with Crippen LogP contribution in [0, 0.1) is 0 Å². The minimum Gasteiger partial charge on any atom is -0.462 e. The number of aliphatic hydroxyl groups is 2. The molecule has 11 heteroatoms. The van der Waals surface area contributed by atoms with Crippen LogP contribution >= 0.6 is 7.82 Å². The number of aliphatic hydroxyl groups excluding tert-OH is 2. The van der Waals surface area contributed by atoms with Crippen LogP contribution in [0.1, 0.15) is 110 Å². The Bertz CT molecular complexity index is 670. The average Bonchev–Trinajstić information content (AvgIpc) is 2.90. The molecule has 0 aromatic heterocycles. The summed E-state index contributed by atoms with van der Waals surface area (Å²) in [4.78, 5) is 34.1. The van der Waals surface area contributed by atoms with Gasteiger partial charge in [-0.15, -0.1) is 0 Å². The van der Waals surface area contributed by atoms with E-state index in [1.165, 1.54) is 19.3 Å². The topological polar surface area (TPSA) is 149 Å². The molecule has 0 bridgehead atoms. The van der Waals surface area contributed by atoms with Gasteiger partial charge in [-0.3, -0.25) is 18.6 Å². The van der Waals surface area contributed by atoms with Crippen molar-refractivity contribution in [2.75, 3.05) is 26.4 Å². The maximum absolute atomic E-state index is 12.3. The summed E-state index contributed by atoms with van der Waals surface area (Å²) in [7, 11) is -4.58. The number of unbranched alkanes of at least 4 members (excludes halogenated alkanes) is 10. The quantitative estimate of drug-likeness (QED) is 0.0539. The van der Waals surface area contributed by atoms with Gasteiger partial charge < -0.3 is 24.6 Å². The Morgan fingerprint density at radius 2 is 1.37 bits per heavy atom. The highest BCUT2D eigenvalue weighted by Crippen LogP contribution is 2.43. The SMILES string of the molecule is CC/C=C/CCCCCCCCCC(=O)O[C@H](COC(=O)CCCCCC)COP(=O)(O)OC[C@@H](O)CO. The molecule has 224 valence electrons. The molecule has 0 aliphatic heterocycles.